The van der Waals surface area contributed by atoms with Crippen LogP contribution in [-0.4, -0.2) is 100 Å². The van der Waals surface area contributed by atoms with Crippen molar-refractivity contribution in [3.63, 3.8) is 0 Å². The Hall–Kier alpha value is -1.18. The molecule has 3 atom stereocenters. The first-order valence-corrected chi connectivity index (χ1v) is 10.3. The zero-order chi connectivity index (χ0) is 21.6. The van der Waals surface area contributed by atoms with E-state index in [0.29, 0.717) is 0 Å². The first kappa shape index (κ1) is 23.0. The smallest absolute Gasteiger partial charge is 0.184 e. The summed E-state index contributed by atoms with van der Waals surface area (Å²) < 4.78 is 45.4. The van der Waals surface area contributed by atoms with E-state index in [1.165, 1.54) is 0 Å². The van der Waals surface area contributed by atoms with E-state index < -0.39 is 23.1 Å². The Bertz CT molecular complexity index is 642. The molecule has 10 nitrogen and oxygen atoms in total. The van der Waals surface area contributed by atoms with Gasteiger partial charge in [0.25, 0.3) is 0 Å². The lowest BCUT2D eigenvalue weighted by atomic mass is 10.1. The van der Waals surface area contributed by atoms with Crippen molar-refractivity contribution >= 4 is 0 Å². The van der Waals surface area contributed by atoms with Gasteiger partial charge < -0.3 is 48.1 Å². The number of rotatable bonds is 11. The van der Waals surface area contributed by atoms with Crippen molar-refractivity contribution < 1.29 is 48.1 Å². The van der Waals surface area contributed by atoms with Gasteiger partial charge in [-0.15, -0.1) is 0 Å². The van der Waals surface area contributed by atoms with E-state index >= 15 is 0 Å². The average molecular weight is 442 g/mol. The largest absolute Gasteiger partial charge is 0.393 e. The van der Waals surface area contributed by atoms with Crippen LogP contribution in [0.15, 0.2) is 30.3 Å². The monoisotopic (exact) mass is 442 g/mol. The summed E-state index contributed by atoms with van der Waals surface area (Å²) in [7, 11) is 0. The quantitative estimate of drug-likeness (QED) is 0.484. The van der Waals surface area contributed by atoms with Gasteiger partial charge in [-0.1, -0.05) is 30.3 Å². The standard InChI is InChI=1S/C21H30O10/c22-6-19(10-26-15-29-19)8-24-12-21(13-25-9-20(7-23)11-27-16-30-20)14-28-18(31-21)17-4-2-1-3-5-17/h1-5,18,22-23H,6-16H2. The third kappa shape index (κ3) is 5.42. The van der Waals surface area contributed by atoms with E-state index in [4.69, 9.17) is 37.9 Å². The molecule has 0 amide bonds. The minimum absolute atomic E-state index is 0.124. The van der Waals surface area contributed by atoms with Gasteiger partial charge in [-0.3, -0.25) is 0 Å². The van der Waals surface area contributed by atoms with Crippen LogP contribution in [0.3, 0.4) is 0 Å². The van der Waals surface area contributed by atoms with Gasteiger partial charge in [0.2, 0.25) is 0 Å². The molecule has 3 aliphatic heterocycles. The van der Waals surface area contributed by atoms with Gasteiger partial charge in [0.1, 0.15) is 30.4 Å². The van der Waals surface area contributed by atoms with Gasteiger partial charge in [0.05, 0.1) is 59.5 Å². The zero-order valence-electron chi connectivity index (χ0n) is 17.4. The second-order valence-electron chi connectivity index (χ2n) is 8.24. The van der Waals surface area contributed by atoms with Gasteiger partial charge in [0.15, 0.2) is 6.29 Å². The fourth-order valence-electron chi connectivity index (χ4n) is 3.65. The summed E-state index contributed by atoms with van der Waals surface area (Å²) in [6.07, 6.45) is -0.552. The molecule has 31 heavy (non-hydrogen) atoms. The highest BCUT2D eigenvalue weighted by atomic mass is 16.8. The number of aliphatic hydroxyl groups is 2. The van der Waals surface area contributed by atoms with E-state index in [1.807, 2.05) is 30.3 Å². The maximum absolute atomic E-state index is 9.67. The summed E-state index contributed by atoms with van der Waals surface area (Å²) in [6, 6.07) is 9.61. The van der Waals surface area contributed by atoms with Crippen molar-refractivity contribution in [3.8, 4) is 0 Å². The first-order valence-electron chi connectivity index (χ1n) is 10.3. The van der Waals surface area contributed by atoms with E-state index in [-0.39, 0.29) is 73.0 Å². The maximum atomic E-state index is 9.67. The van der Waals surface area contributed by atoms with Gasteiger partial charge in [-0.25, -0.2) is 0 Å². The van der Waals surface area contributed by atoms with Crippen molar-refractivity contribution in [3.05, 3.63) is 35.9 Å². The molecule has 3 unspecified atom stereocenters. The summed E-state index contributed by atoms with van der Waals surface area (Å²) in [4.78, 5) is 0. The van der Waals surface area contributed by atoms with Gasteiger partial charge in [-0.05, 0) is 0 Å². The van der Waals surface area contributed by atoms with Crippen LogP contribution in [0.2, 0.25) is 0 Å². The molecule has 1 aromatic rings. The highest BCUT2D eigenvalue weighted by Crippen LogP contribution is 2.35. The third-order valence-electron chi connectivity index (χ3n) is 5.59. The number of benzene rings is 1. The molecule has 2 N–H and O–H groups in total. The molecule has 3 saturated heterocycles. The Morgan fingerprint density at radius 1 is 0.774 bits per heavy atom. The molecule has 0 spiro atoms. The number of hydrogen-bond donors (Lipinski definition) is 2. The highest BCUT2D eigenvalue weighted by molar-refractivity contribution is 5.17. The van der Waals surface area contributed by atoms with Crippen LogP contribution in [0.4, 0.5) is 0 Å². The van der Waals surface area contributed by atoms with E-state index in [1.54, 1.807) is 0 Å². The molecule has 3 aliphatic rings. The molecule has 0 saturated carbocycles. The SMILES string of the molecule is OCC1(COCC2(COCC3(CO)COCO3)COC(c3ccccc3)O2)COCO1. The van der Waals surface area contributed by atoms with E-state index in [2.05, 4.69) is 0 Å². The topological polar surface area (TPSA) is 114 Å². The lowest BCUT2D eigenvalue weighted by Crippen LogP contribution is -2.48. The van der Waals surface area contributed by atoms with Crippen molar-refractivity contribution in [1.29, 1.82) is 0 Å². The normalized spacial score (nSPS) is 35.7. The molecule has 4 rings (SSSR count). The average Bonchev–Trinajstić information content (AvgIpc) is 3.56. The zero-order valence-corrected chi connectivity index (χ0v) is 17.4. The first-order chi connectivity index (χ1) is 15.1. The third-order valence-corrected chi connectivity index (χ3v) is 5.59. The predicted molar refractivity (Wildman–Crippen MR) is 104 cm³/mol. The maximum Gasteiger partial charge on any atom is 0.184 e. The molecule has 0 radical (unpaired) electrons. The van der Waals surface area contributed by atoms with Gasteiger partial charge in [0, 0.05) is 5.56 Å². The molecule has 0 aliphatic carbocycles. The summed E-state index contributed by atoms with van der Waals surface area (Å²) in [5, 5.41) is 19.3. The van der Waals surface area contributed by atoms with Gasteiger partial charge >= 0.3 is 0 Å². The summed E-state index contributed by atoms with van der Waals surface area (Å²) in [6.45, 7) is 1.19. The van der Waals surface area contributed by atoms with Crippen LogP contribution in [-0.2, 0) is 37.9 Å². The minimum Gasteiger partial charge on any atom is -0.393 e. The fraction of sp³-hybridized carbons (Fsp3) is 0.714. The Labute approximate surface area is 180 Å². The number of aliphatic hydroxyl groups excluding tert-OH is 2. The molecule has 174 valence electrons. The molecule has 3 heterocycles. The molecule has 1 aromatic carbocycles. The molecule has 3 fully saturated rings. The molecular formula is C21H30O10. The summed E-state index contributed by atoms with van der Waals surface area (Å²) in [5.74, 6) is 0. The van der Waals surface area contributed by atoms with E-state index in [0.717, 1.165) is 5.56 Å². The van der Waals surface area contributed by atoms with Crippen molar-refractivity contribution in [1.82, 2.24) is 0 Å². The number of ether oxygens (including phenoxy) is 8. The lowest BCUT2D eigenvalue weighted by Gasteiger charge is -2.31. The Morgan fingerprint density at radius 3 is 1.81 bits per heavy atom. The van der Waals surface area contributed by atoms with Crippen LogP contribution < -0.4 is 0 Å². The molecule has 0 bridgehead atoms. The fourth-order valence-corrected chi connectivity index (χ4v) is 3.65. The van der Waals surface area contributed by atoms with Crippen LogP contribution >= 0.6 is 0 Å². The summed E-state index contributed by atoms with van der Waals surface area (Å²) in [5.41, 5.74) is -1.75. The second kappa shape index (κ2) is 10.2. The van der Waals surface area contributed by atoms with Crippen molar-refractivity contribution in [2.45, 2.75) is 23.1 Å². The van der Waals surface area contributed by atoms with Crippen LogP contribution in [0, 0.1) is 0 Å². The van der Waals surface area contributed by atoms with Gasteiger partial charge in [-0.2, -0.15) is 0 Å². The van der Waals surface area contributed by atoms with Crippen LogP contribution in [0.25, 0.3) is 0 Å². The Kier molecular flexibility index (Phi) is 7.55. The summed E-state index contributed by atoms with van der Waals surface area (Å²) >= 11 is 0. The van der Waals surface area contributed by atoms with Crippen LogP contribution in [0.5, 0.6) is 0 Å². The van der Waals surface area contributed by atoms with Crippen LogP contribution in [0.1, 0.15) is 11.9 Å². The van der Waals surface area contributed by atoms with Crippen molar-refractivity contribution in [2.75, 3.05) is 73.0 Å². The number of hydrogen-bond acceptors (Lipinski definition) is 10. The second-order valence-corrected chi connectivity index (χ2v) is 8.24. The predicted octanol–water partition coefficient (Wildman–Crippen LogP) is -0.0252. The lowest BCUT2D eigenvalue weighted by molar-refractivity contribution is -0.168. The Balaban J connectivity index is 1.38. The molecular weight excluding hydrogens is 412 g/mol. The molecule has 0 aromatic heterocycles. The molecule has 10 heteroatoms. The van der Waals surface area contributed by atoms with E-state index in [9.17, 15) is 10.2 Å². The van der Waals surface area contributed by atoms with Crippen molar-refractivity contribution in [2.24, 2.45) is 0 Å². The minimum atomic E-state index is -0.882. The Morgan fingerprint density at radius 2 is 1.32 bits per heavy atom. The highest BCUT2D eigenvalue weighted by Gasteiger charge is 2.45.